The summed E-state index contributed by atoms with van der Waals surface area (Å²) in [5.74, 6) is -2.36. The number of halogens is 7. The largest absolute Gasteiger partial charge is 0.573 e. The van der Waals surface area contributed by atoms with E-state index in [1.165, 1.54) is 24.3 Å². The van der Waals surface area contributed by atoms with Crippen molar-refractivity contribution < 1.29 is 40.2 Å². The van der Waals surface area contributed by atoms with E-state index in [0.29, 0.717) is 5.56 Å². The van der Waals surface area contributed by atoms with Gasteiger partial charge >= 0.3 is 12.7 Å². The van der Waals surface area contributed by atoms with E-state index in [2.05, 4.69) is 35.0 Å². The Morgan fingerprint density at radius 1 is 0.879 bits per heavy atom. The molecule has 0 fully saturated rings. The fraction of sp³-hybridized carbons (Fsp3) is 0.158. The summed E-state index contributed by atoms with van der Waals surface area (Å²) in [4.78, 5) is 7.43. The number of nitrogens with zero attached hydrogens (tertiary/aromatic N) is 4. The summed E-state index contributed by atoms with van der Waals surface area (Å²) in [6.45, 7) is -0.140. The molecule has 14 heteroatoms. The van der Waals surface area contributed by atoms with Gasteiger partial charge in [-0.1, -0.05) is 12.1 Å². The van der Waals surface area contributed by atoms with Crippen molar-refractivity contribution in [2.75, 3.05) is 5.32 Å². The third-order valence-electron chi connectivity index (χ3n) is 3.63. The Morgan fingerprint density at radius 2 is 1.55 bits per heavy atom. The lowest BCUT2D eigenvalue weighted by molar-refractivity contribution is -0.275. The molecule has 0 bridgehead atoms. The monoisotopic (exact) mass is 475 g/mol. The number of ether oxygens (including phenoxy) is 2. The van der Waals surface area contributed by atoms with E-state index in [1.807, 2.05) is 0 Å². The second-order valence-corrected chi connectivity index (χ2v) is 6.16. The van der Waals surface area contributed by atoms with Gasteiger partial charge in [0.1, 0.15) is 11.5 Å². The first kappa shape index (κ1) is 23.7. The van der Waals surface area contributed by atoms with E-state index in [1.54, 1.807) is 0 Å². The fourth-order valence-corrected chi connectivity index (χ4v) is 2.39. The third kappa shape index (κ3) is 7.90. The van der Waals surface area contributed by atoms with E-state index < -0.39 is 30.0 Å². The Hall–Kier alpha value is -3.97. The molecule has 1 N–H and O–H groups in total. The number of azo groups is 1. The number of hydrogen-bond acceptors (Lipinski definition) is 7. The molecule has 0 aliphatic carbocycles. The van der Waals surface area contributed by atoms with Crippen LogP contribution in [0.3, 0.4) is 0 Å². The molecule has 174 valence electrons. The summed E-state index contributed by atoms with van der Waals surface area (Å²) in [5, 5.41) is 10.0. The van der Waals surface area contributed by atoms with Crippen molar-refractivity contribution in [2.45, 2.75) is 19.3 Å². The first-order chi connectivity index (χ1) is 15.5. The maximum Gasteiger partial charge on any atom is 0.573 e. The lowest BCUT2D eigenvalue weighted by atomic mass is 10.2. The standard InChI is InChI=1S/C19H12F7N5O2/c20-15-10-27-17(31-28-9-11-2-1-3-14(8-11)33-19(24,25)26)30-16(15)29-12-4-6-13(7-5-12)32-18(21,22)23/h1-8,10H,9H2,(H,27,29,30). The van der Waals surface area contributed by atoms with Crippen LogP contribution < -0.4 is 14.8 Å². The summed E-state index contributed by atoms with van der Waals surface area (Å²) < 4.78 is 95.0. The summed E-state index contributed by atoms with van der Waals surface area (Å²) >= 11 is 0. The summed E-state index contributed by atoms with van der Waals surface area (Å²) in [5.41, 5.74) is 0.550. The molecule has 0 saturated heterocycles. The highest BCUT2D eigenvalue weighted by Crippen LogP contribution is 2.26. The minimum absolute atomic E-state index is 0.140. The number of benzene rings is 2. The number of anilines is 2. The SMILES string of the molecule is Fc1cnc(N=NCc2cccc(OC(F)(F)F)c2)nc1Nc1ccc(OC(F)(F)F)cc1. The Labute approximate surface area is 180 Å². The highest BCUT2D eigenvalue weighted by molar-refractivity contribution is 5.58. The number of rotatable bonds is 7. The van der Waals surface area contributed by atoms with Gasteiger partial charge in [-0.25, -0.2) is 9.37 Å². The van der Waals surface area contributed by atoms with Crippen molar-refractivity contribution in [1.82, 2.24) is 9.97 Å². The predicted octanol–water partition coefficient (Wildman–Crippen LogP) is 6.44. The molecule has 3 rings (SSSR count). The number of hydrogen-bond donors (Lipinski definition) is 1. The van der Waals surface area contributed by atoms with Crippen molar-refractivity contribution in [2.24, 2.45) is 10.2 Å². The molecule has 0 radical (unpaired) electrons. The molecule has 1 aromatic heterocycles. The molecule has 3 aromatic rings. The summed E-state index contributed by atoms with van der Waals surface area (Å²) in [6, 6.07) is 9.53. The van der Waals surface area contributed by atoms with Gasteiger partial charge < -0.3 is 14.8 Å². The van der Waals surface area contributed by atoms with E-state index in [-0.39, 0.29) is 24.0 Å². The Morgan fingerprint density at radius 3 is 2.21 bits per heavy atom. The molecular weight excluding hydrogens is 463 g/mol. The number of aromatic nitrogens is 2. The molecule has 0 amide bonds. The molecule has 0 atom stereocenters. The van der Waals surface area contributed by atoms with Crippen LogP contribution in [0, 0.1) is 5.82 Å². The third-order valence-corrected chi connectivity index (χ3v) is 3.63. The molecule has 0 unspecified atom stereocenters. The quantitative estimate of drug-likeness (QED) is 0.314. The van der Waals surface area contributed by atoms with Crippen LogP contribution >= 0.6 is 0 Å². The van der Waals surface area contributed by atoms with Gasteiger partial charge in [-0.3, -0.25) is 0 Å². The lowest BCUT2D eigenvalue weighted by Crippen LogP contribution is -2.17. The van der Waals surface area contributed by atoms with Crippen molar-refractivity contribution >= 4 is 17.5 Å². The van der Waals surface area contributed by atoms with E-state index >= 15 is 0 Å². The molecule has 0 spiro atoms. The van der Waals surface area contributed by atoms with E-state index in [4.69, 9.17) is 0 Å². The number of nitrogens with one attached hydrogen (secondary N) is 1. The van der Waals surface area contributed by atoms with Crippen molar-refractivity contribution in [1.29, 1.82) is 0 Å². The van der Waals surface area contributed by atoms with Crippen LogP contribution in [-0.4, -0.2) is 22.7 Å². The average Bonchev–Trinajstić information content (AvgIpc) is 2.70. The van der Waals surface area contributed by atoms with Crippen LogP contribution in [-0.2, 0) is 6.54 Å². The molecule has 1 heterocycles. The maximum absolute atomic E-state index is 14.0. The zero-order valence-corrected chi connectivity index (χ0v) is 16.2. The zero-order valence-electron chi connectivity index (χ0n) is 16.2. The molecular formula is C19H12F7N5O2. The second kappa shape index (κ2) is 9.67. The van der Waals surface area contributed by atoms with Gasteiger partial charge in [0.05, 0.1) is 12.7 Å². The predicted molar refractivity (Wildman–Crippen MR) is 99.7 cm³/mol. The van der Waals surface area contributed by atoms with Gasteiger partial charge in [0.25, 0.3) is 5.95 Å². The molecule has 33 heavy (non-hydrogen) atoms. The van der Waals surface area contributed by atoms with E-state index in [9.17, 15) is 30.7 Å². The highest BCUT2D eigenvalue weighted by Gasteiger charge is 2.31. The lowest BCUT2D eigenvalue weighted by Gasteiger charge is -2.10. The summed E-state index contributed by atoms with van der Waals surface area (Å²) in [7, 11) is 0. The second-order valence-electron chi connectivity index (χ2n) is 6.16. The molecule has 0 aliphatic rings. The smallest absolute Gasteiger partial charge is 0.406 e. The van der Waals surface area contributed by atoms with Gasteiger partial charge in [0.15, 0.2) is 11.6 Å². The van der Waals surface area contributed by atoms with E-state index in [0.717, 1.165) is 30.5 Å². The Bertz CT molecular complexity index is 1120. The van der Waals surface area contributed by atoms with Crippen molar-refractivity contribution in [3.8, 4) is 11.5 Å². The van der Waals surface area contributed by atoms with Gasteiger partial charge in [-0.2, -0.15) is 10.1 Å². The van der Waals surface area contributed by atoms with Crippen LogP contribution in [0.5, 0.6) is 11.5 Å². The molecule has 0 saturated carbocycles. The van der Waals surface area contributed by atoms with Gasteiger partial charge in [-0.05, 0) is 42.0 Å². The van der Waals surface area contributed by atoms with Gasteiger partial charge in [0, 0.05) is 5.69 Å². The minimum atomic E-state index is -4.85. The highest BCUT2D eigenvalue weighted by atomic mass is 19.4. The zero-order chi connectivity index (χ0) is 24.1. The first-order valence-electron chi connectivity index (χ1n) is 8.84. The fourth-order valence-electron chi connectivity index (χ4n) is 2.39. The Kier molecular flexibility index (Phi) is 6.94. The molecule has 7 nitrogen and oxygen atoms in total. The normalized spacial score (nSPS) is 12.1. The Balaban J connectivity index is 1.65. The average molecular weight is 475 g/mol. The van der Waals surface area contributed by atoms with Crippen LogP contribution in [0.25, 0.3) is 0 Å². The first-order valence-corrected chi connectivity index (χ1v) is 8.84. The van der Waals surface area contributed by atoms with Crippen LogP contribution in [0.1, 0.15) is 5.56 Å². The maximum atomic E-state index is 14.0. The van der Waals surface area contributed by atoms with Crippen molar-refractivity contribution in [3.05, 3.63) is 66.1 Å². The van der Waals surface area contributed by atoms with Crippen LogP contribution in [0.2, 0.25) is 0 Å². The van der Waals surface area contributed by atoms with Gasteiger partial charge in [0.2, 0.25) is 0 Å². The molecule has 2 aromatic carbocycles. The topological polar surface area (TPSA) is 81.0 Å². The summed E-state index contributed by atoms with van der Waals surface area (Å²) in [6.07, 6.45) is -8.89. The minimum Gasteiger partial charge on any atom is -0.406 e. The van der Waals surface area contributed by atoms with Crippen LogP contribution in [0.15, 0.2) is 65.0 Å². The number of alkyl halides is 6. The van der Waals surface area contributed by atoms with Crippen LogP contribution in [0.4, 0.5) is 48.2 Å². The van der Waals surface area contributed by atoms with Gasteiger partial charge in [-0.15, -0.1) is 31.5 Å². The molecule has 0 aliphatic heterocycles. The van der Waals surface area contributed by atoms with Crippen molar-refractivity contribution in [3.63, 3.8) is 0 Å².